The molecule has 20 heavy (non-hydrogen) atoms. The fourth-order valence-electron chi connectivity index (χ4n) is 1.36. The van der Waals surface area contributed by atoms with Crippen LogP contribution in [0.2, 0.25) is 0 Å². The summed E-state index contributed by atoms with van der Waals surface area (Å²) in [6.07, 6.45) is -2.93. The second-order valence-corrected chi connectivity index (χ2v) is 3.65. The van der Waals surface area contributed by atoms with Gasteiger partial charge in [-0.3, -0.25) is 4.79 Å². The van der Waals surface area contributed by atoms with Crippen molar-refractivity contribution < 1.29 is 22.4 Å². The maximum Gasteiger partial charge on any atom is 0.383 e. The third-order valence-electron chi connectivity index (χ3n) is 2.32. The minimum atomic E-state index is -4.78. The van der Waals surface area contributed by atoms with E-state index in [0.717, 1.165) is 11.0 Å². The maximum absolute atomic E-state index is 12.9. The van der Waals surface area contributed by atoms with Crippen molar-refractivity contribution in [3.05, 3.63) is 30.6 Å². The van der Waals surface area contributed by atoms with Crippen LogP contribution in [-0.2, 0) is 4.79 Å². The van der Waals surface area contributed by atoms with Crippen LogP contribution in [0.4, 0.5) is 23.2 Å². The number of para-hydroxylation sites is 2. The molecule has 0 aliphatic carbocycles. The third-order valence-corrected chi connectivity index (χ3v) is 2.32. The van der Waals surface area contributed by atoms with E-state index in [9.17, 15) is 22.4 Å². The van der Waals surface area contributed by atoms with Gasteiger partial charge in [0.15, 0.2) is 0 Å². The van der Waals surface area contributed by atoms with Crippen molar-refractivity contribution in [1.29, 1.82) is 0 Å². The third kappa shape index (κ3) is 2.58. The van der Waals surface area contributed by atoms with E-state index < -0.39 is 18.3 Å². The van der Waals surface area contributed by atoms with Crippen LogP contribution in [0.5, 0.6) is 0 Å². The molecular weight excluding hydrogens is 282 g/mol. The molecular formula is C10H7F4N5O. The number of hydrogen-bond acceptors (Lipinski definition) is 4. The SMILES string of the molecule is O=C(Nc1ccccc1-n1cnnn1)C(F)(F)C(F)F. The zero-order chi connectivity index (χ0) is 14.8. The van der Waals surface area contributed by atoms with Gasteiger partial charge < -0.3 is 5.32 Å². The summed E-state index contributed by atoms with van der Waals surface area (Å²) in [5.74, 6) is -6.89. The average molecular weight is 289 g/mol. The summed E-state index contributed by atoms with van der Waals surface area (Å²) < 4.78 is 51.1. The highest BCUT2D eigenvalue weighted by atomic mass is 19.3. The predicted octanol–water partition coefficient (Wildman–Crippen LogP) is 1.50. The van der Waals surface area contributed by atoms with Crippen molar-refractivity contribution >= 4 is 11.6 Å². The molecule has 1 aromatic carbocycles. The summed E-state index contributed by atoms with van der Waals surface area (Å²) in [6.45, 7) is 0. The van der Waals surface area contributed by atoms with E-state index in [1.165, 1.54) is 24.3 Å². The molecule has 0 spiro atoms. The number of hydrogen-bond donors (Lipinski definition) is 1. The first-order valence-electron chi connectivity index (χ1n) is 5.22. The molecule has 106 valence electrons. The Morgan fingerprint density at radius 3 is 2.60 bits per heavy atom. The Morgan fingerprint density at radius 1 is 1.30 bits per heavy atom. The maximum atomic E-state index is 12.9. The number of benzene rings is 1. The number of alkyl halides is 4. The average Bonchev–Trinajstić information content (AvgIpc) is 2.92. The molecule has 10 heteroatoms. The minimum Gasteiger partial charge on any atom is -0.319 e. The van der Waals surface area contributed by atoms with Gasteiger partial charge in [0.1, 0.15) is 6.33 Å². The van der Waals surface area contributed by atoms with E-state index in [-0.39, 0.29) is 11.4 Å². The fraction of sp³-hybridized carbons (Fsp3) is 0.200. The molecule has 1 heterocycles. The van der Waals surface area contributed by atoms with Gasteiger partial charge in [-0.2, -0.15) is 13.5 Å². The molecule has 2 aromatic rings. The van der Waals surface area contributed by atoms with Gasteiger partial charge in [0.05, 0.1) is 11.4 Å². The second kappa shape index (κ2) is 5.23. The van der Waals surface area contributed by atoms with E-state index in [4.69, 9.17) is 0 Å². The summed E-state index contributed by atoms with van der Waals surface area (Å²) in [5.41, 5.74) is 0.0426. The van der Waals surface area contributed by atoms with Crippen molar-refractivity contribution in [2.45, 2.75) is 12.3 Å². The molecule has 1 aromatic heterocycles. The molecule has 6 nitrogen and oxygen atoms in total. The molecule has 0 saturated heterocycles. The highest BCUT2D eigenvalue weighted by Crippen LogP contribution is 2.26. The number of carbonyl (C=O) groups is 1. The number of rotatable bonds is 4. The number of anilines is 1. The molecule has 0 aliphatic rings. The monoisotopic (exact) mass is 289 g/mol. The summed E-state index contributed by atoms with van der Waals surface area (Å²) in [6, 6.07) is 5.66. The van der Waals surface area contributed by atoms with E-state index in [0.29, 0.717) is 0 Å². The number of carbonyl (C=O) groups excluding carboxylic acids is 1. The zero-order valence-electron chi connectivity index (χ0n) is 9.67. The summed E-state index contributed by atoms with van der Waals surface area (Å²) in [4.78, 5) is 11.2. The van der Waals surface area contributed by atoms with Crippen LogP contribution >= 0.6 is 0 Å². The molecule has 2 rings (SSSR count). The van der Waals surface area contributed by atoms with Gasteiger partial charge in [0.2, 0.25) is 0 Å². The topological polar surface area (TPSA) is 72.7 Å². The Kier molecular flexibility index (Phi) is 3.63. The number of nitrogens with zero attached hydrogens (tertiary/aromatic N) is 4. The van der Waals surface area contributed by atoms with Crippen molar-refractivity contribution in [2.75, 3.05) is 5.32 Å². The normalized spacial score (nSPS) is 11.7. The van der Waals surface area contributed by atoms with Crippen molar-refractivity contribution in [3.63, 3.8) is 0 Å². The first kappa shape index (κ1) is 13.9. The highest BCUT2D eigenvalue weighted by Gasteiger charge is 2.49. The van der Waals surface area contributed by atoms with Crippen LogP contribution in [-0.4, -0.2) is 38.5 Å². The second-order valence-electron chi connectivity index (χ2n) is 3.65. The Bertz CT molecular complexity index is 601. The quantitative estimate of drug-likeness (QED) is 0.866. The number of aromatic nitrogens is 4. The van der Waals surface area contributed by atoms with E-state index >= 15 is 0 Å². The van der Waals surface area contributed by atoms with Gasteiger partial charge in [0.25, 0.3) is 0 Å². The van der Waals surface area contributed by atoms with Gasteiger partial charge in [0, 0.05) is 0 Å². The Hall–Kier alpha value is -2.52. The van der Waals surface area contributed by atoms with Gasteiger partial charge >= 0.3 is 18.3 Å². The lowest BCUT2D eigenvalue weighted by Gasteiger charge is -2.16. The number of halogens is 4. The molecule has 1 N–H and O–H groups in total. The van der Waals surface area contributed by atoms with Gasteiger partial charge in [-0.15, -0.1) is 5.10 Å². The largest absolute Gasteiger partial charge is 0.383 e. The predicted molar refractivity (Wildman–Crippen MR) is 58.7 cm³/mol. The Balaban J connectivity index is 2.29. The van der Waals surface area contributed by atoms with Crippen molar-refractivity contribution in [3.8, 4) is 5.69 Å². The van der Waals surface area contributed by atoms with Crippen LogP contribution in [0.15, 0.2) is 30.6 Å². The lowest BCUT2D eigenvalue weighted by Crippen LogP contribution is -2.41. The fourth-order valence-corrected chi connectivity index (χ4v) is 1.36. The standard InChI is InChI=1S/C10H7F4N5O/c11-8(12)10(13,14)9(20)16-6-3-1-2-4-7(6)19-5-15-17-18-19/h1-5,8H,(H,16,20). The van der Waals surface area contributed by atoms with E-state index in [2.05, 4.69) is 15.5 Å². The molecule has 0 saturated carbocycles. The number of amides is 1. The van der Waals surface area contributed by atoms with Gasteiger partial charge in [-0.25, -0.2) is 8.78 Å². The zero-order valence-corrected chi connectivity index (χ0v) is 9.67. The van der Waals surface area contributed by atoms with Crippen LogP contribution in [0.1, 0.15) is 0 Å². The van der Waals surface area contributed by atoms with Crippen LogP contribution in [0, 0.1) is 0 Å². The first-order valence-corrected chi connectivity index (χ1v) is 5.22. The van der Waals surface area contributed by atoms with Crippen LogP contribution in [0.25, 0.3) is 5.69 Å². The molecule has 0 aliphatic heterocycles. The van der Waals surface area contributed by atoms with E-state index in [1.807, 2.05) is 0 Å². The molecule has 1 amide bonds. The Labute approximate surface area is 109 Å². The van der Waals surface area contributed by atoms with Crippen LogP contribution < -0.4 is 5.32 Å². The summed E-state index contributed by atoms with van der Waals surface area (Å²) in [5, 5.41) is 12.0. The minimum absolute atomic E-state index is 0.120. The number of tetrazole rings is 1. The Morgan fingerprint density at radius 2 is 2.00 bits per heavy atom. The smallest absolute Gasteiger partial charge is 0.319 e. The van der Waals surface area contributed by atoms with Gasteiger partial charge in [-0.05, 0) is 22.6 Å². The van der Waals surface area contributed by atoms with Crippen molar-refractivity contribution in [1.82, 2.24) is 20.2 Å². The van der Waals surface area contributed by atoms with Crippen LogP contribution in [0.3, 0.4) is 0 Å². The molecule has 0 bridgehead atoms. The lowest BCUT2D eigenvalue weighted by molar-refractivity contribution is -0.163. The molecule has 0 radical (unpaired) electrons. The highest BCUT2D eigenvalue weighted by molar-refractivity contribution is 5.97. The molecule has 0 atom stereocenters. The molecule has 0 fully saturated rings. The summed E-state index contributed by atoms with van der Waals surface area (Å²) >= 11 is 0. The van der Waals surface area contributed by atoms with Crippen molar-refractivity contribution in [2.24, 2.45) is 0 Å². The number of nitrogens with one attached hydrogen (secondary N) is 1. The van der Waals surface area contributed by atoms with Gasteiger partial charge in [-0.1, -0.05) is 12.1 Å². The molecule has 0 unspecified atom stereocenters. The van der Waals surface area contributed by atoms with E-state index in [1.54, 1.807) is 5.32 Å². The summed E-state index contributed by atoms with van der Waals surface area (Å²) in [7, 11) is 0. The lowest BCUT2D eigenvalue weighted by atomic mass is 10.2. The first-order chi connectivity index (χ1) is 9.43.